The number of rotatable bonds is 14. The highest BCUT2D eigenvalue weighted by molar-refractivity contribution is 6.31. The fourth-order valence-electron chi connectivity index (χ4n) is 5.70. The number of morpholine rings is 1. The van der Waals surface area contributed by atoms with Gasteiger partial charge in [0.25, 0.3) is 0 Å². The monoisotopic (exact) mass is 706 g/mol. The first-order chi connectivity index (χ1) is 23.3. The second-order valence-electron chi connectivity index (χ2n) is 11.9. The highest BCUT2D eigenvalue weighted by atomic mass is 35.5. The standard InChI is InChI=1S/C36H39ClF4N2O6/c1-22-11-12-25(17-29(22)37)33(23-7-4-3-5-8-23)34(43-35(46)47-2)31(44)18-24-9-6-10-30(38)28(24)14-13-27-19-42-26(20-48-27)21-49-32(45)15-16-36(39,40)41/h3-12,17,26-27,33-34,42H,13-16,18-21H2,1-2H3,(H,43,46)/t26-,27+,33+,34+/m0/s1. The van der Waals surface area contributed by atoms with E-state index in [1.165, 1.54) is 19.2 Å². The SMILES string of the molecule is COC(=O)N[C@H](C(=O)Cc1cccc(F)c1CC[C@@H]1CN[C@H](COC(=O)CCC(F)(F)F)CO1)[C@H](c1ccccc1)c1ccc(C)c(Cl)c1. The van der Waals surface area contributed by atoms with E-state index in [0.29, 0.717) is 34.7 Å². The molecule has 1 amide bonds. The van der Waals surface area contributed by atoms with Gasteiger partial charge in [-0.1, -0.05) is 66.2 Å². The third kappa shape index (κ3) is 11.3. The van der Waals surface area contributed by atoms with Crippen molar-refractivity contribution in [3.8, 4) is 0 Å². The van der Waals surface area contributed by atoms with Gasteiger partial charge in [-0.3, -0.25) is 9.59 Å². The van der Waals surface area contributed by atoms with Gasteiger partial charge >= 0.3 is 18.2 Å². The van der Waals surface area contributed by atoms with Crippen molar-refractivity contribution >= 4 is 29.4 Å². The number of alkyl halides is 3. The molecule has 0 aromatic heterocycles. The molecule has 1 saturated heterocycles. The summed E-state index contributed by atoms with van der Waals surface area (Å²) in [7, 11) is 1.21. The van der Waals surface area contributed by atoms with Crippen molar-refractivity contribution in [3.05, 3.63) is 105 Å². The summed E-state index contributed by atoms with van der Waals surface area (Å²) in [6.07, 6.45) is -7.11. The fourth-order valence-corrected chi connectivity index (χ4v) is 5.89. The zero-order valence-corrected chi connectivity index (χ0v) is 27.9. The molecule has 1 aliphatic heterocycles. The normalized spacial score (nSPS) is 17.5. The zero-order chi connectivity index (χ0) is 35.6. The number of hydrogen-bond acceptors (Lipinski definition) is 7. The van der Waals surface area contributed by atoms with Crippen LogP contribution in [0.1, 0.15) is 53.0 Å². The van der Waals surface area contributed by atoms with Gasteiger partial charge in [0.15, 0.2) is 5.78 Å². The van der Waals surface area contributed by atoms with Gasteiger partial charge in [-0.15, -0.1) is 0 Å². The third-order valence-electron chi connectivity index (χ3n) is 8.37. The molecule has 3 aromatic rings. The second-order valence-corrected chi connectivity index (χ2v) is 12.3. The van der Waals surface area contributed by atoms with E-state index in [-0.39, 0.29) is 37.9 Å². The van der Waals surface area contributed by atoms with Crippen LogP contribution in [0.4, 0.5) is 22.4 Å². The number of ether oxygens (including phenoxy) is 3. The topological polar surface area (TPSA) is 103 Å². The van der Waals surface area contributed by atoms with Crippen molar-refractivity contribution in [2.24, 2.45) is 0 Å². The Kier molecular flexibility index (Phi) is 13.6. The van der Waals surface area contributed by atoms with E-state index in [0.717, 1.165) is 11.1 Å². The van der Waals surface area contributed by atoms with Crippen LogP contribution in [0.25, 0.3) is 0 Å². The Bertz CT molecular complexity index is 1580. The minimum absolute atomic E-state index is 0.136. The van der Waals surface area contributed by atoms with Crippen LogP contribution in [0.2, 0.25) is 5.02 Å². The molecule has 264 valence electrons. The number of amides is 1. The summed E-state index contributed by atoms with van der Waals surface area (Å²) >= 11 is 6.48. The summed E-state index contributed by atoms with van der Waals surface area (Å²) in [5.41, 5.74) is 3.11. The van der Waals surface area contributed by atoms with Crippen molar-refractivity contribution in [2.75, 3.05) is 26.9 Å². The number of benzene rings is 3. The van der Waals surface area contributed by atoms with E-state index in [1.54, 1.807) is 12.1 Å². The predicted octanol–water partition coefficient (Wildman–Crippen LogP) is 6.63. The first-order valence-corrected chi connectivity index (χ1v) is 16.2. The van der Waals surface area contributed by atoms with E-state index in [2.05, 4.69) is 10.6 Å². The number of esters is 1. The molecule has 0 unspecified atom stereocenters. The van der Waals surface area contributed by atoms with Crippen LogP contribution in [-0.2, 0) is 36.6 Å². The van der Waals surface area contributed by atoms with Gasteiger partial charge in [-0.25, -0.2) is 9.18 Å². The second kappa shape index (κ2) is 17.6. The average Bonchev–Trinajstić information content (AvgIpc) is 3.08. The maximum absolute atomic E-state index is 15.3. The molecule has 0 bridgehead atoms. The lowest BCUT2D eigenvalue weighted by Crippen LogP contribution is -2.49. The summed E-state index contributed by atoms with van der Waals surface area (Å²) in [6, 6.07) is 17.7. The van der Waals surface area contributed by atoms with Crippen molar-refractivity contribution in [3.63, 3.8) is 0 Å². The summed E-state index contributed by atoms with van der Waals surface area (Å²) in [4.78, 5) is 38.4. The minimum Gasteiger partial charge on any atom is -0.464 e. The van der Waals surface area contributed by atoms with Crippen molar-refractivity contribution in [2.45, 2.75) is 69.3 Å². The van der Waals surface area contributed by atoms with Crippen LogP contribution in [0, 0.1) is 12.7 Å². The summed E-state index contributed by atoms with van der Waals surface area (Å²) in [5.74, 6) is -2.43. The molecule has 4 atom stereocenters. The summed E-state index contributed by atoms with van der Waals surface area (Å²) < 4.78 is 68.0. The van der Waals surface area contributed by atoms with Crippen LogP contribution < -0.4 is 10.6 Å². The molecule has 0 aliphatic carbocycles. The first kappa shape index (κ1) is 37.8. The Morgan fingerprint density at radius 3 is 2.47 bits per heavy atom. The molecule has 0 radical (unpaired) electrons. The molecule has 1 aliphatic rings. The third-order valence-corrected chi connectivity index (χ3v) is 8.78. The molecule has 4 rings (SSSR count). The molecule has 49 heavy (non-hydrogen) atoms. The van der Waals surface area contributed by atoms with E-state index in [4.69, 9.17) is 25.8 Å². The van der Waals surface area contributed by atoms with E-state index < -0.39 is 54.9 Å². The Balaban J connectivity index is 1.45. The van der Waals surface area contributed by atoms with Crippen LogP contribution >= 0.6 is 11.6 Å². The quantitative estimate of drug-likeness (QED) is 0.143. The van der Waals surface area contributed by atoms with Gasteiger partial charge < -0.3 is 24.8 Å². The van der Waals surface area contributed by atoms with E-state index >= 15 is 4.39 Å². The smallest absolute Gasteiger partial charge is 0.407 e. The number of ketones is 1. The van der Waals surface area contributed by atoms with Gasteiger partial charge in [0.2, 0.25) is 0 Å². The van der Waals surface area contributed by atoms with Crippen LogP contribution in [-0.4, -0.2) is 69.1 Å². The number of Topliss-reactive ketones (excluding diaryl/α,β-unsaturated/α-hetero) is 1. The number of carbonyl (C=O) groups excluding carboxylic acids is 3. The molecule has 2 N–H and O–H groups in total. The van der Waals surface area contributed by atoms with Gasteiger partial charge in [-0.2, -0.15) is 13.2 Å². The number of halogens is 5. The lowest BCUT2D eigenvalue weighted by atomic mass is 9.81. The molecule has 13 heteroatoms. The maximum Gasteiger partial charge on any atom is 0.407 e. The van der Waals surface area contributed by atoms with Crippen molar-refractivity contribution in [1.29, 1.82) is 0 Å². The zero-order valence-electron chi connectivity index (χ0n) is 27.2. The number of nitrogens with one attached hydrogen (secondary N) is 2. The highest BCUT2D eigenvalue weighted by Gasteiger charge is 2.34. The number of alkyl carbamates (subject to hydrolysis) is 1. The van der Waals surface area contributed by atoms with Crippen LogP contribution in [0.15, 0.2) is 66.7 Å². The van der Waals surface area contributed by atoms with Gasteiger partial charge in [0.1, 0.15) is 18.5 Å². The average molecular weight is 707 g/mol. The Labute approximate surface area is 287 Å². The largest absolute Gasteiger partial charge is 0.464 e. The lowest BCUT2D eigenvalue weighted by Gasteiger charge is -2.30. The minimum atomic E-state index is -4.44. The van der Waals surface area contributed by atoms with Crippen molar-refractivity contribution in [1.82, 2.24) is 10.6 Å². The molecular formula is C36H39ClF4N2O6. The van der Waals surface area contributed by atoms with Gasteiger partial charge in [0, 0.05) is 23.9 Å². The van der Waals surface area contributed by atoms with Crippen LogP contribution in [0.3, 0.4) is 0 Å². The molecular weight excluding hydrogens is 668 g/mol. The highest BCUT2D eigenvalue weighted by Crippen LogP contribution is 2.33. The molecule has 1 heterocycles. The van der Waals surface area contributed by atoms with Crippen molar-refractivity contribution < 1.29 is 46.2 Å². The molecule has 8 nitrogen and oxygen atoms in total. The maximum atomic E-state index is 15.3. The van der Waals surface area contributed by atoms with E-state index in [1.807, 2.05) is 49.4 Å². The van der Waals surface area contributed by atoms with Gasteiger partial charge in [0.05, 0.1) is 38.7 Å². The summed E-state index contributed by atoms with van der Waals surface area (Å²) in [6.45, 7) is 2.21. The van der Waals surface area contributed by atoms with Crippen LogP contribution in [0.5, 0.6) is 0 Å². The first-order valence-electron chi connectivity index (χ1n) is 15.9. The lowest BCUT2D eigenvalue weighted by molar-refractivity contribution is -0.158. The fraction of sp³-hybridized carbons (Fsp3) is 0.417. The number of hydrogen-bond donors (Lipinski definition) is 2. The van der Waals surface area contributed by atoms with E-state index in [9.17, 15) is 27.6 Å². The summed E-state index contributed by atoms with van der Waals surface area (Å²) in [5, 5.41) is 6.37. The molecule has 0 spiro atoms. The molecule has 3 aromatic carbocycles. The van der Waals surface area contributed by atoms with Gasteiger partial charge in [-0.05, 0) is 59.7 Å². The number of aryl methyl sites for hydroxylation is 1. The Morgan fingerprint density at radius 1 is 1.06 bits per heavy atom. The molecule has 0 saturated carbocycles. The number of carbonyl (C=O) groups is 3. The Morgan fingerprint density at radius 2 is 1.82 bits per heavy atom. The number of methoxy groups -OCH3 is 1. The predicted molar refractivity (Wildman–Crippen MR) is 175 cm³/mol. The Hall–Kier alpha value is -4.00. The molecule has 1 fully saturated rings.